The second-order valence-electron chi connectivity index (χ2n) is 7.72. The van der Waals surface area contributed by atoms with Crippen molar-refractivity contribution in [1.82, 2.24) is 5.32 Å². The Morgan fingerprint density at radius 2 is 1.72 bits per heavy atom. The van der Waals surface area contributed by atoms with Crippen LogP contribution in [0, 0.1) is 17.8 Å². The Labute approximate surface area is 151 Å². The van der Waals surface area contributed by atoms with E-state index in [1.807, 2.05) is 0 Å². The molecule has 0 spiro atoms. The zero-order chi connectivity index (χ0) is 18.1. The molecule has 1 heterocycles. The first-order chi connectivity index (χ1) is 11.9. The third-order valence-corrected chi connectivity index (χ3v) is 7.90. The van der Waals surface area contributed by atoms with E-state index in [1.54, 1.807) is 0 Å². The molecule has 3 rings (SSSR count). The summed E-state index contributed by atoms with van der Waals surface area (Å²) in [4.78, 5) is 10.8. The summed E-state index contributed by atoms with van der Waals surface area (Å²) in [6.07, 6.45) is 0.892. The lowest BCUT2D eigenvalue weighted by Gasteiger charge is -2.42. The zero-order valence-electron chi connectivity index (χ0n) is 14.2. The lowest BCUT2D eigenvalue weighted by atomic mass is 9.80. The second-order valence-corrected chi connectivity index (χ2v) is 9.21. The first-order valence-electron chi connectivity index (χ1n) is 9.18. The van der Waals surface area contributed by atoms with Crippen LogP contribution in [0.1, 0.15) is 32.1 Å². The van der Waals surface area contributed by atoms with E-state index < -0.39 is 29.5 Å². The quantitative estimate of drug-likeness (QED) is 0.348. The first kappa shape index (κ1) is 19.4. The van der Waals surface area contributed by atoms with Crippen molar-refractivity contribution in [1.29, 1.82) is 0 Å². The number of hydrogen-bond donors (Lipinski definition) is 6. The fourth-order valence-electron chi connectivity index (χ4n) is 5.06. The minimum absolute atomic E-state index is 0.0961. The smallest absolute Gasteiger partial charge is 0.304 e. The molecule has 7 nitrogen and oxygen atoms in total. The zero-order valence-corrected chi connectivity index (χ0v) is 15.0. The molecule has 8 heteroatoms. The molecule has 0 radical (unpaired) electrons. The molecule has 0 amide bonds. The summed E-state index contributed by atoms with van der Waals surface area (Å²) in [5.74, 6) is 0.644. The molecule has 0 aromatic rings. The molecule has 2 saturated carbocycles. The van der Waals surface area contributed by atoms with Gasteiger partial charge in [-0.05, 0) is 43.4 Å². The molecule has 3 aliphatic rings. The number of nitrogens with one attached hydrogen (secondary N) is 1. The highest BCUT2D eigenvalue weighted by Gasteiger charge is 2.50. The topological polar surface area (TPSA) is 130 Å². The molecule has 2 bridgehead atoms. The summed E-state index contributed by atoms with van der Waals surface area (Å²) in [5.41, 5.74) is 0. The van der Waals surface area contributed by atoms with Crippen LogP contribution in [0.5, 0.6) is 0 Å². The number of rotatable bonds is 7. The monoisotopic (exact) mass is 375 g/mol. The van der Waals surface area contributed by atoms with Crippen molar-refractivity contribution in [3.63, 3.8) is 0 Å². The predicted octanol–water partition coefficient (Wildman–Crippen LogP) is -0.585. The van der Waals surface area contributed by atoms with Gasteiger partial charge in [-0.2, -0.15) is 0 Å². The third-order valence-electron chi connectivity index (χ3n) is 6.30. The van der Waals surface area contributed by atoms with Crippen LogP contribution < -0.4 is 5.32 Å². The van der Waals surface area contributed by atoms with Crippen LogP contribution in [0.25, 0.3) is 0 Å². The summed E-state index contributed by atoms with van der Waals surface area (Å²) in [7, 11) is 0. The van der Waals surface area contributed by atoms with Gasteiger partial charge in [0.25, 0.3) is 0 Å². The van der Waals surface area contributed by atoms with Crippen LogP contribution in [0.15, 0.2) is 0 Å². The van der Waals surface area contributed by atoms with Crippen LogP contribution in [-0.4, -0.2) is 79.5 Å². The van der Waals surface area contributed by atoms with Gasteiger partial charge in [0.1, 0.15) is 6.10 Å². The largest absolute Gasteiger partial charge is 0.481 e. The Morgan fingerprint density at radius 1 is 1.04 bits per heavy atom. The lowest BCUT2D eigenvalue weighted by molar-refractivity contribution is -0.136. The Morgan fingerprint density at radius 3 is 2.40 bits per heavy atom. The highest BCUT2D eigenvalue weighted by atomic mass is 32.2. The van der Waals surface area contributed by atoms with Gasteiger partial charge >= 0.3 is 5.97 Å². The van der Waals surface area contributed by atoms with Gasteiger partial charge in [0, 0.05) is 17.8 Å². The Kier molecular flexibility index (Phi) is 6.28. The number of aliphatic carboxylic acids is 1. The van der Waals surface area contributed by atoms with Crippen molar-refractivity contribution in [2.45, 2.75) is 67.0 Å². The third kappa shape index (κ3) is 3.99. The second kappa shape index (κ2) is 8.10. The first-order valence-corrected chi connectivity index (χ1v) is 10.1. The van der Waals surface area contributed by atoms with Crippen LogP contribution in [0.4, 0.5) is 0 Å². The van der Waals surface area contributed by atoms with Gasteiger partial charge < -0.3 is 30.8 Å². The maximum Gasteiger partial charge on any atom is 0.304 e. The molecule has 3 fully saturated rings. The van der Waals surface area contributed by atoms with Crippen molar-refractivity contribution >= 4 is 17.7 Å². The molecule has 144 valence electrons. The fraction of sp³-hybridized carbons (Fsp3) is 0.941. The van der Waals surface area contributed by atoms with E-state index in [-0.39, 0.29) is 24.3 Å². The number of carbonyl (C=O) groups is 1. The molecule has 1 aliphatic heterocycles. The van der Waals surface area contributed by atoms with E-state index in [0.29, 0.717) is 30.7 Å². The number of carboxylic acid groups (broad SMARTS) is 1. The van der Waals surface area contributed by atoms with Gasteiger partial charge in [-0.3, -0.25) is 4.79 Å². The van der Waals surface area contributed by atoms with Crippen molar-refractivity contribution in [2.75, 3.05) is 13.2 Å². The fourth-order valence-corrected chi connectivity index (χ4v) is 6.57. The number of aliphatic hydroxyl groups is 4. The van der Waals surface area contributed by atoms with Crippen LogP contribution in [0.3, 0.4) is 0 Å². The van der Waals surface area contributed by atoms with Gasteiger partial charge in [-0.15, -0.1) is 11.8 Å². The van der Waals surface area contributed by atoms with E-state index in [1.165, 1.54) is 11.8 Å². The summed E-state index contributed by atoms with van der Waals surface area (Å²) in [6.45, 7) is 0.212. The minimum Gasteiger partial charge on any atom is -0.481 e. The van der Waals surface area contributed by atoms with Crippen LogP contribution >= 0.6 is 11.8 Å². The number of hydrogen-bond acceptors (Lipinski definition) is 7. The van der Waals surface area contributed by atoms with Crippen molar-refractivity contribution in [3.05, 3.63) is 0 Å². The SMILES string of the molecule is O=C(O)CCNC1C2CCC(C2)C1C[C@@H]1S[C@H](CO)[C@H](O)[C@H](O)[C@H]1O. The maximum absolute atomic E-state index is 10.8. The summed E-state index contributed by atoms with van der Waals surface area (Å²) >= 11 is 1.36. The average Bonchev–Trinajstić information content (AvgIpc) is 3.17. The summed E-state index contributed by atoms with van der Waals surface area (Å²) in [5, 5.41) is 51.4. The number of aliphatic hydroxyl groups excluding tert-OH is 4. The highest BCUT2D eigenvalue weighted by Crippen LogP contribution is 2.52. The molecule has 0 aromatic carbocycles. The summed E-state index contributed by atoms with van der Waals surface area (Å²) < 4.78 is 0. The minimum atomic E-state index is -1.24. The molecule has 25 heavy (non-hydrogen) atoms. The van der Waals surface area contributed by atoms with E-state index in [9.17, 15) is 25.2 Å². The van der Waals surface area contributed by atoms with Gasteiger partial charge in [0.15, 0.2) is 0 Å². The van der Waals surface area contributed by atoms with Crippen LogP contribution in [-0.2, 0) is 4.79 Å². The molecule has 2 aliphatic carbocycles. The Hall–Kier alpha value is -0.380. The Bertz CT molecular complexity index is 478. The van der Waals surface area contributed by atoms with Gasteiger partial charge in [-0.1, -0.05) is 0 Å². The molecular weight excluding hydrogens is 346 g/mol. The lowest BCUT2D eigenvalue weighted by Crippen LogP contribution is -2.55. The van der Waals surface area contributed by atoms with E-state index >= 15 is 0 Å². The predicted molar refractivity (Wildman–Crippen MR) is 93.3 cm³/mol. The molecule has 9 atom stereocenters. The van der Waals surface area contributed by atoms with Crippen molar-refractivity contribution in [3.8, 4) is 0 Å². The van der Waals surface area contributed by atoms with Gasteiger partial charge in [0.2, 0.25) is 0 Å². The van der Waals surface area contributed by atoms with Crippen LogP contribution in [0.2, 0.25) is 0 Å². The number of fused-ring (bicyclic) bond motifs is 2. The molecule has 4 unspecified atom stereocenters. The number of thioether (sulfide) groups is 1. The van der Waals surface area contributed by atoms with Gasteiger partial charge in [0.05, 0.1) is 30.5 Å². The van der Waals surface area contributed by atoms with Crippen molar-refractivity contribution in [2.24, 2.45) is 17.8 Å². The maximum atomic E-state index is 10.8. The average molecular weight is 375 g/mol. The molecule has 6 N–H and O–H groups in total. The molecular formula is C17H29NO6S. The Balaban J connectivity index is 1.64. The normalized spacial score (nSPS) is 46.5. The van der Waals surface area contributed by atoms with E-state index in [4.69, 9.17) is 5.11 Å². The molecule has 1 saturated heterocycles. The highest BCUT2D eigenvalue weighted by molar-refractivity contribution is 8.00. The number of carboxylic acids is 1. The summed E-state index contributed by atoms with van der Waals surface area (Å²) in [6, 6.07) is 0.252. The molecule has 0 aromatic heterocycles. The van der Waals surface area contributed by atoms with E-state index in [0.717, 1.165) is 19.3 Å². The van der Waals surface area contributed by atoms with Gasteiger partial charge in [-0.25, -0.2) is 0 Å². The van der Waals surface area contributed by atoms with E-state index in [2.05, 4.69) is 5.32 Å². The standard InChI is InChI=1S/C17H29NO6S/c19-7-12-16(23)17(24)15(22)11(25-12)6-10-8-1-2-9(5-8)14(10)18-4-3-13(20)21/h8-12,14-19,22-24H,1-7H2,(H,20,21)/t8?,9?,10?,11-,12+,14?,15-,16-,17+/m0/s1. The van der Waals surface area contributed by atoms with Crippen molar-refractivity contribution < 1.29 is 30.3 Å².